The zero-order valence-corrected chi connectivity index (χ0v) is 13.5. The molecule has 1 aromatic heterocycles. The van der Waals surface area contributed by atoms with Crippen LogP contribution in [0.3, 0.4) is 0 Å². The van der Waals surface area contributed by atoms with E-state index in [1.54, 1.807) is 27.2 Å². The minimum Gasteiger partial charge on any atom is -0.493 e. The monoisotopic (exact) mass is 319 g/mol. The third-order valence-electron chi connectivity index (χ3n) is 2.85. The van der Waals surface area contributed by atoms with Crippen molar-refractivity contribution in [2.75, 3.05) is 14.2 Å². The second-order valence-corrected chi connectivity index (χ2v) is 5.15. The number of para-hydroxylation sites is 1. The Balaban J connectivity index is 2.20. The number of methoxy groups -OCH3 is 2. The van der Waals surface area contributed by atoms with Crippen LogP contribution in [-0.2, 0) is 16.1 Å². The fourth-order valence-corrected chi connectivity index (χ4v) is 2.71. The van der Waals surface area contributed by atoms with Crippen LogP contribution in [0, 0.1) is 0 Å². The molecule has 0 saturated carbocycles. The smallest absolute Gasteiger partial charge is 0.330 e. The fraction of sp³-hybridized carbons (Fsp3) is 0.250. The molecule has 0 aliphatic heterocycles. The van der Waals surface area contributed by atoms with Crippen LogP contribution >= 0.6 is 11.3 Å². The molecule has 116 valence electrons. The van der Waals surface area contributed by atoms with Gasteiger partial charge in [-0.15, -0.1) is 11.3 Å². The number of hydrogen-bond acceptors (Lipinski definition) is 6. The van der Waals surface area contributed by atoms with E-state index in [0.717, 1.165) is 10.6 Å². The number of benzene rings is 1. The molecule has 0 amide bonds. The Morgan fingerprint density at radius 1 is 1.32 bits per heavy atom. The summed E-state index contributed by atoms with van der Waals surface area (Å²) in [7, 11) is 3.18. The molecule has 2 rings (SSSR count). The highest BCUT2D eigenvalue weighted by Crippen LogP contribution is 2.38. The van der Waals surface area contributed by atoms with Gasteiger partial charge in [0.15, 0.2) is 11.5 Å². The van der Waals surface area contributed by atoms with Crippen molar-refractivity contribution in [3.63, 3.8) is 0 Å². The van der Waals surface area contributed by atoms with Gasteiger partial charge in [0, 0.05) is 11.5 Å². The molecule has 22 heavy (non-hydrogen) atoms. The second kappa shape index (κ2) is 7.61. The van der Waals surface area contributed by atoms with E-state index in [9.17, 15) is 4.79 Å². The summed E-state index contributed by atoms with van der Waals surface area (Å²) >= 11 is 1.46. The van der Waals surface area contributed by atoms with Gasteiger partial charge in [0.1, 0.15) is 11.6 Å². The molecule has 0 bridgehead atoms. The van der Waals surface area contributed by atoms with E-state index in [0.29, 0.717) is 17.2 Å². The zero-order chi connectivity index (χ0) is 15.9. The zero-order valence-electron chi connectivity index (χ0n) is 12.7. The Bertz CT molecular complexity index is 679. The molecule has 0 unspecified atom stereocenters. The minimum absolute atomic E-state index is 0.145. The molecule has 1 heterocycles. The molecule has 2 aromatic rings. The van der Waals surface area contributed by atoms with E-state index < -0.39 is 0 Å². The lowest BCUT2D eigenvalue weighted by molar-refractivity contribution is -0.139. The van der Waals surface area contributed by atoms with Gasteiger partial charge in [-0.05, 0) is 19.1 Å². The van der Waals surface area contributed by atoms with Crippen molar-refractivity contribution in [2.24, 2.45) is 0 Å². The number of allylic oxidation sites excluding steroid dienone is 1. The first kappa shape index (κ1) is 16.0. The van der Waals surface area contributed by atoms with Crippen LogP contribution in [0.5, 0.6) is 11.5 Å². The van der Waals surface area contributed by atoms with Crippen LogP contribution in [0.15, 0.2) is 35.7 Å². The fourth-order valence-electron chi connectivity index (χ4n) is 1.88. The molecule has 5 nitrogen and oxygen atoms in total. The third-order valence-corrected chi connectivity index (χ3v) is 3.77. The van der Waals surface area contributed by atoms with Crippen LogP contribution in [-0.4, -0.2) is 25.2 Å². The van der Waals surface area contributed by atoms with Gasteiger partial charge in [-0.1, -0.05) is 12.1 Å². The molecular weight excluding hydrogens is 302 g/mol. The van der Waals surface area contributed by atoms with Crippen molar-refractivity contribution in [2.45, 2.75) is 13.5 Å². The number of carbonyl (C=O) groups is 1. The first-order valence-corrected chi connectivity index (χ1v) is 7.52. The predicted octanol–water partition coefficient (Wildman–Crippen LogP) is 3.45. The summed E-state index contributed by atoms with van der Waals surface area (Å²) in [5.74, 6) is 0.907. The van der Waals surface area contributed by atoms with E-state index >= 15 is 0 Å². The molecule has 1 aromatic carbocycles. The molecule has 0 atom stereocenters. The summed E-state index contributed by atoms with van der Waals surface area (Å²) < 4.78 is 15.8. The summed E-state index contributed by atoms with van der Waals surface area (Å²) in [5, 5.41) is 2.64. The van der Waals surface area contributed by atoms with Crippen molar-refractivity contribution >= 4 is 17.3 Å². The first-order chi connectivity index (χ1) is 10.7. The number of carbonyl (C=O) groups excluding carboxylic acids is 1. The van der Waals surface area contributed by atoms with E-state index in [4.69, 9.17) is 14.2 Å². The summed E-state index contributed by atoms with van der Waals surface area (Å²) in [6, 6.07) is 5.62. The van der Waals surface area contributed by atoms with Crippen molar-refractivity contribution in [3.05, 3.63) is 41.4 Å². The Morgan fingerprint density at radius 3 is 2.82 bits per heavy atom. The highest BCUT2D eigenvalue weighted by atomic mass is 32.1. The summed E-state index contributed by atoms with van der Waals surface area (Å²) in [6.45, 7) is 1.91. The highest BCUT2D eigenvalue weighted by molar-refractivity contribution is 7.13. The van der Waals surface area contributed by atoms with Gasteiger partial charge >= 0.3 is 5.97 Å². The molecule has 0 radical (unpaired) electrons. The van der Waals surface area contributed by atoms with Gasteiger partial charge in [0.05, 0.1) is 25.5 Å². The van der Waals surface area contributed by atoms with Crippen LogP contribution in [0.4, 0.5) is 0 Å². The molecule has 0 fully saturated rings. The normalized spacial score (nSPS) is 10.7. The molecule has 0 aliphatic rings. The molecule has 0 aliphatic carbocycles. The van der Waals surface area contributed by atoms with Crippen LogP contribution in [0.1, 0.15) is 12.6 Å². The lowest BCUT2D eigenvalue weighted by Crippen LogP contribution is -2.00. The molecular formula is C16H17NO4S. The topological polar surface area (TPSA) is 57.7 Å². The Morgan fingerprint density at radius 2 is 2.14 bits per heavy atom. The molecule has 6 heteroatoms. The van der Waals surface area contributed by atoms with Gasteiger partial charge in [-0.2, -0.15) is 0 Å². The lowest BCUT2D eigenvalue weighted by atomic mass is 10.2. The van der Waals surface area contributed by atoms with Crippen molar-refractivity contribution < 1.29 is 19.0 Å². The van der Waals surface area contributed by atoms with E-state index in [1.807, 2.05) is 23.6 Å². The lowest BCUT2D eigenvalue weighted by Gasteiger charge is -2.10. The van der Waals surface area contributed by atoms with Gasteiger partial charge in [0.2, 0.25) is 0 Å². The summed E-state index contributed by atoms with van der Waals surface area (Å²) in [6.07, 6.45) is 3.01. The van der Waals surface area contributed by atoms with E-state index in [2.05, 4.69) is 4.98 Å². The van der Waals surface area contributed by atoms with E-state index in [-0.39, 0.29) is 12.6 Å². The van der Waals surface area contributed by atoms with Gasteiger partial charge in [0.25, 0.3) is 0 Å². The second-order valence-electron chi connectivity index (χ2n) is 4.29. The number of ether oxygens (including phenoxy) is 3. The Kier molecular flexibility index (Phi) is 5.55. The largest absolute Gasteiger partial charge is 0.493 e. The maximum absolute atomic E-state index is 11.3. The highest BCUT2D eigenvalue weighted by Gasteiger charge is 2.14. The standard InChI is InChI=1S/C16H17NO4S/c1-4-6-14(18)21-9-11-10-22-16(17-11)12-7-5-8-13(19-2)15(12)20-3/h4-8,10H,9H2,1-3H3/b6-4+. The third kappa shape index (κ3) is 3.65. The number of hydrogen-bond donors (Lipinski definition) is 0. The Hall–Kier alpha value is -2.34. The number of rotatable bonds is 6. The number of aromatic nitrogens is 1. The van der Waals surface area contributed by atoms with Crippen molar-refractivity contribution in [3.8, 4) is 22.1 Å². The average molecular weight is 319 g/mol. The quantitative estimate of drug-likeness (QED) is 0.603. The van der Waals surface area contributed by atoms with Gasteiger partial charge in [-0.25, -0.2) is 9.78 Å². The predicted molar refractivity (Wildman–Crippen MR) is 85.3 cm³/mol. The summed E-state index contributed by atoms with van der Waals surface area (Å²) in [4.78, 5) is 15.8. The van der Waals surface area contributed by atoms with Crippen LogP contribution in [0.25, 0.3) is 10.6 Å². The maximum Gasteiger partial charge on any atom is 0.330 e. The number of esters is 1. The minimum atomic E-state index is -0.379. The SMILES string of the molecule is C/C=C/C(=O)OCc1csc(-c2cccc(OC)c2OC)n1. The molecule has 0 spiro atoms. The summed E-state index contributed by atoms with van der Waals surface area (Å²) in [5.41, 5.74) is 1.54. The van der Waals surface area contributed by atoms with Crippen molar-refractivity contribution in [1.29, 1.82) is 0 Å². The molecule has 0 saturated heterocycles. The van der Waals surface area contributed by atoms with Gasteiger partial charge < -0.3 is 14.2 Å². The molecule has 0 N–H and O–H groups in total. The van der Waals surface area contributed by atoms with Crippen LogP contribution < -0.4 is 9.47 Å². The van der Waals surface area contributed by atoms with Gasteiger partial charge in [-0.3, -0.25) is 0 Å². The van der Waals surface area contributed by atoms with Crippen LogP contribution in [0.2, 0.25) is 0 Å². The average Bonchev–Trinajstić information content (AvgIpc) is 3.01. The number of nitrogens with zero attached hydrogens (tertiary/aromatic N) is 1. The first-order valence-electron chi connectivity index (χ1n) is 6.64. The van der Waals surface area contributed by atoms with E-state index in [1.165, 1.54) is 17.4 Å². The van der Waals surface area contributed by atoms with Crippen molar-refractivity contribution in [1.82, 2.24) is 4.98 Å². The Labute approximate surface area is 133 Å². The number of thiazole rings is 1. The maximum atomic E-state index is 11.3.